The van der Waals surface area contributed by atoms with E-state index >= 15 is 0 Å². The van der Waals surface area contributed by atoms with Crippen LogP contribution in [0.5, 0.6) is 0 Å². The van der Waals surface area contributed by atoms with E-state index in [2.05, 4.69) is 48.3 Å². The average Bonchev–Trinajstić information content (AvgIpc) is 2.87. The maximum Gasteiger partial charge on any atom is 0.0731 e. The summed E-state index contributed by atoms with van der Waals surface area (Å²) in [5.41, 5.74) is 2.59. The maximum absolute atomic E-state index is 9.59. The minimum absolute atomic E-state index is 0.158. The fraction of sp³-hybridized carbons (Fsp3) is 0.625. The van der Waals surface area contributed by atoms with E-state index in [4.69, 9.17) is 0 Å². The molecule has 1 saturated heterocycles. The van der Waals surface area contributed by atoms with Gasteiger partial charge in [-0.15, -0.1) is 0 Å². The molecule has 1 fully saturated rings. The van der Waals surface area contributed by atoms with Crippen molar-refractivity contribution in [3.05, 3.63) is 29.8 Å². The monoisotopic (exact) mass is 262 g/mol. The van der Waals surface area contributed by atoms with Gasteiger partial charge in [0.1, 0.15) is 0 Å². The molecule has 1 aromatic rings. The number of aliphatic hydroxyl groups excluding tert-OH is 1. The van der Waals surface area contributed by atoms with Gasteiger partial charge in [-0.3, -0.25) is 0 Å². The second-order valence-electron chi connectivity index (χ2n) is 5.40. The number of anilines is 1. The van der Waals surface area contributed by atoms with Gasteiger partial charge in [0.15, 0.2) is 0 Å². The molecule has 0 aliphatic carbocycles. The van der Waals surface area contributed by atoms with Gasteiger partial charge in [-0.05, 0) is 43.5 Å². The summed E-state index contributed by atoms with van der Waals surface area (Å²) in [6.45, 7) is 7.22. The van der Waals surface area contributed by atoms with E-state index in [1.54, 1.807) is 0 Å². The second-order valence-corrected chi connectivity index (χ2v) is 5.40. The number of hydrogen-bond donors (Lipinski definition) is 2. The molecule has 1 aliphatic heterocycles. The van der Waals surface area contributed by atoms with Crippen molar-refractivity contribution in [3.63, 3.8) is 0 Å². The molecule has 1 aromatic carbocycles. The molecule has 2 N–H and O–H groups in total. The van der Waals surface area contributed by atoms with E-state index in [0.29, 0.717) is 6.04 Å². The molecule has 1 aliphatic rings. The van der Waals surface area contributed by atoms with E-state index in [1.165, 1.54) is 17.7 Å². The number of nitrogens with one attached hydrogen (secondary N) is 1. The van der Waals surface area contributed by atoms with Crippen molar-refractivity contribution in [3.8, 4) is 0 Å². The Bertz CT molecular complexity index is 377. The first-order valence-corrected chi connectivity index (χ1v) is 7.51. The zero-order chi connectivity index (χ0) is 13.7. The molecule has 0 aromatic heterocycles. The number of nitrogens with zero attached hydrogens (tertiary/aromatic N) is 1. The zero-order valence-corrected chi connectivity index (χ0v) is 12.1. The molecule has 0 amide bonds. The standard InChI is InChI=1S/C16H26N2O/c1-3-10-17-16(4-2)13-5-7-14(8-6-13)18-11-9-15(19)12-18/h5-8,15-17,19H,3-4,9-12H2,1-2H3. The first-order chi connectivity index (χ1) is 9.24. The molecule has 2 atom stereocenters. The Hall–Kier alpha value is -1.06. The average molecular weight is 262 g/mol. The SMILES string of the molecule is CCCNC(CC)c1ccc(N2CCC(O)C2)cc1. The normalized spacial score (nSPS) is 20.8. The van der Waals surface area contributed by atoms with Crippen LogP contribution < -0.4 is 10.2 Å². The van der Waals surface area contributed by atoms with Crippen molar-refractivity contribution in [2.24, 2.45) is 0 Å². The van der Waals surface area contributed by atoms with Crippen molar-refractivity contribution >= 4 is 5.69 Å². The molecule has 3 nitrogen and oxygen atoms in total. The van der Waals surface area contributed by atoms with Crippen LogP contribution in [-0.4, -0.2) is 30.8 Å². The predicted octanol–water partition coefficient (Wildman–Crippen LogP) is 2.71. The van der Waals surface area contributed by atoms with Gasteiger partial charge >= 0.3 is 0 Å². The fourth-order valence-corrected chi connectivity index (χ4v) is 2.71. The molecule has 0 bridgehead atoms. The van der Waals surface area contributed by atoms with Gasteiger partial charge in [-0.2, -0.15) is 0 Å². The first kappa shape index (κ1) is 14.4. The van der Waals surface area contributed by atoms with Crippen LogP contribution in [0.4, 0.5) is 5.69 Å². The van der Waals surface area contributed by atoms with Crippen LogP contribution in [0.1, 0.15) is 44.7 Å². The summed E-state index contributed by atoms with van der Waals surface area (Å²) in [5, 5.41) is 13.2. The Morgan fingerprint density at radius 2 is 2.05 bits per heavy atom. The highest BCUT2D eigenvalue weighted by atomic mass is 16.3. The zero-order valence-electron chi connectivity index (χ0n) is 12.1. The highest BCUT2D eigenvalue weighted by Crippen LogP contribution is 2.24. The summed E-state index contributed by atoms with van der Waals surface area (Å²) in [5.74, 6) is 0. The Balaban J connectivity index is 2.00. The van der Waals surface area contributed by atoms with Gasteiger partial charge in [0, 0.05) is 24.8 Å². The lowest BCUT2D eigenvalue weighted by molar-refractivity contribution is 0.198. The number of aliphatic hydroxyl groups is 1. The third-order valence-corrected chi connectivity index (χ3v) is 3.87. The van der Waals surface area contributed by atoms with Crippen LogP contribution in [0.2, 0.25) is 0 Å². The van der Waals surface area contributed by atoms with E-state index in [-0.39, 0.29) is 6.10 Å². The molecule has 0 spiro atoms. The van der Waals surface area contributed by atoms with E-state index in [9.17, 15) is 5.11 Å². The molecule has 19 heavy (non-hydrogen) atoms. The third kappa shape index (κ3) is 3.71. The summed E-state index contributed by atoms with van der Waals surface area (Å²) in [6.07, 6.45) is 3.01. The van der Waals surface area contributed by atoms with Gasteiger partial charge in [-0.1, -0.05) is 26.0 Å². The van der Waals surface area contributed by atoms with Crippen molar-refractivity contribution in [2.45, 2.75) is 45.3 Å². The molecule has 106 valence electrons. The summed E-state index contributed by atoms with van der Waals surface area (Å²) in [4.78, 5) is 2.26. The lowest BCUT2D eigenvalue weighted by Crippen LogP contribution is -2.22. The van der Waals surface area contributed by atoms with Crippen molar-refractivity contribution in [2.75, 3.05) is 24.5 Å². The van der Waals surface area contributed by atoms with Crippen molar-refractivity contribution < 1.29 is 5.11 Å². The van der Waals surface area contributed by atoms with Gasteiger partial charge < -0.3 is 15.3 Å². The van der Waals surface area contributed by atoms with Gasteiger partial charge in [0.05, 0.1) is 6.10 Å². The number of rotatable bonds is 6. The highest BCUT2D eigenvalue weighted by Gasteiger charge is 2.20. The van der Waals surface area contributed by atoms with Crippen molar-refractivity contribution in [1.29, 1.82) is 0 Å². The quantitative estimate of drug-likeness (QED) is 0.827. The van der Waals surface area contributed by atoms with E-state index < -0.39 is 0 Å². The molecule has 2 rings (SSSR count). The number of β-amino-alcohol motifs (C(OH)–C–C–N with tert-alkyl or cyclic N) is 1. The topological polar surface area (TPSA) is 35.5 Å². The molecular weight excluding hydrogens is 236 g/mol. The van der Waals surface area contributed by atoms with Crippen LogP contribution in [0, 0.1) is 0 Å². The predicted molar refractivity (Wildman–Crippen MR) is 80.6 cm³/mol. The van der Waals surface area contributed by atoms with Crippen LogP contribution in [0.3, 0.4) is 0 Å². The Kier molecular flexibility index (Phi) is 5.23. The molecule has 0 radical (unpaired) electrons. The highest BCUT2D eigenvalue weighted by molar-refractivity contribution is 5.49. The Morgan fingerprint density at radius 3 is 2.58 bits per heavy atom. The molecular formula is C16H26N2O. The molecule has 2 unspecified atom stereocenters. The summed E-state index contributed by atoms with van der Waals surface area (Å²) in [6, 6.07) is 9.26. The van der Waals surface area contributed by atoms with E-state index in [0.717, 1.165) is 32.5 Å². The number of benzene rings is 1. The molecule has 3 heteroatoms. The first-order valence-electron chi connectivity index (χ1n) is 7.51. The van der Waals surface area contributed by atoms with E-state index in [1.807, 2.05) is 0 Å². The largest absolute Gasteiger partial charge is 0.391 e. The minimum Gasteiger partial charge on any atom is -0.391 e. The Labute approximate surface area is 116 Å². The second kappa shape index (κ2) is 6.92. The van der Waals surface area contributed by atoms with Crippen molar-refractivity contribution in [1.82, 2.24) is 5.32 Å². The lowest BCUT2D eigenvalue weighted by atomic mass is 10.0. The summed E-state index contributed by atoms with van der Waals surface area (Å²) < 4.78 is 0. The van der Waals surface area contributed by atoms with Gasteiger partial charge in [-0.25, -0.2) is 0 Å². The van der Waals surface area contributed by atoms with Crippen LogP contribution in [-0.2, 0) is 0 Å². The number of hydrogen-bond acceptors (Lipinski definition) is 3. The summed E-state index contributed by atoms with van der Waals surface area (Å²) >= 11 is 0. The van der Waals surface area contributed by atoms with Crippen LogP contribution in [0.25, 0.3) is 0 Å². The Morgan fingerprint density at radius 1 is 1.32 bits per heavy atom. The minimum atomic E-state index is -0.158. The van der Waals surface area contributed by atoms with Gasteiger partial charge in [0.2, 0.25) is 0 Å². The third-order valence-electron chi connectivity index (χ3n) is 3.87. The lowest BCUT2D eigenvalue weighted by Gasteiger charge is -2.21. The molecule has 1 heterocycles. The maximum atomic E-state index is 9.59. The van der Waals surface area contributed by atoms with Gasteiger partial charge in [0.25, 0.3) is 0 Å². The summed E-state index contributed by atoms with van der Waals surface area (Å²) in [7, 11) is 0. The smallest absolute Gasteiger partial charge is 0.0731 e. The fourth-order valence-electron chi connectivity index (χ4n) is 2.71. The van der Waals surface area contributed by atoms with Crippen LogP contribution in [0.15, 0.2) is 24.3 Å². The van der Waals surface area contributed by atoms with Crippen LogP contribution >= 0.6 is 0 Å². The molecule has 0 saturated carbocycles.